The SMILES string of the molecule is O=C(Nc1c2c(nn1-c1ccc(Br)cc1)COC2)c1cc(Cl)cc(Cl)c1. The van der Waals surface area contributed by atoms with E-state index in [0.717, 1.165) is 21.4 Å². The van der Waals surface area contributed by atoms with Gasteiger partial charge >= 0.3 is 0 Å². The van der Waals surface area contributed by atoms with E-state index in [4.69, 9.17) is 27.9 Å². The number of halogens is 3. The average Bonchev–Trinajstić information content (AvgIpc) is 3.17. The van der Waals surface area contributed by atoms with Crippen molar-refractivity contribution >= 4 is 50.9 Å². The zero-order valence-corrected chi connectivity index (χ0v) is 16.4. The molecule has 26 heavy (non-hydrogen) atoms. The van der Waals surface area contributed by atoms with Crippen LogP contribution in [0.2, 0.25) is 10.0 Å². The summed E-state index contributed by atoms with van der Waals surface area (Å²) in [4.78, 5) is 12.7. The van der Waals surface area contributed by atoms with Gasteiger partial charge in [0.2, 0.25) is 0 Å². The minimum atomic E-state index is -0.317. The van der Waals surface area contributed by atoms with E-state index in [1.807, 2.05) is 24.3 Å². The van der Waals surface area contributed by atoms with E-state index in [1.165, 1.54) is 0 Å². The number of aromatic nitrogens is 2. The maximum atomic E-state index is 12.7. The van der Waals surface area contributed by atoms with Crippen LogP contribution in [0.15, 0.2) is 46.9 Å². The second kappa shape index (κ2) is 7.04. The summed E-state index contributed by atoms with van der Waals surface area (Å²) in [5, 5.41) is 8.31. The van der Waals surface area contributed by atoms with Gasteiger partial charge in [-0.3, -0.25) is 4.79 Å². The number of hydrogen-bond donors (Lipinski definition) is 1. The number of amides is 1. The van der Waals surface area contributed by atoms with Gasteiger partial charge in [-0.2, -0.15) is 5.10 Å². The summed E-state index contributed by atoms with van der Waals surface area (Å²) < 4.78 is 8.13. The second-order valence-electron chi connectivity index (χ2n) is 5.77. The standard InChI is InChI=1S/C18H12BrCl2N3O2/c19-11-1-3-14(4-2-11)24-17(15-8-26-9-16(15)23-24)22-18(25)10-5-12(20)7-13(21)6-10/h1-7H,8-9H2,(H,22,25). The summed E-state index contributed by atoms with van der Waals surface area (Å²) in [6, 6.07) is 12.4. The highest BCUT2D eigenvalue weighted by Gasteiger charge is 2.25. The van der Waals surface area contributed by atoms with Crippen LogP contribution in [0.3, 0.4) is 0 Å². The largest absolute Gasteiger partial charge is 0.370 e. The summed E-state index contributed by atoms with van der Waals surface area (Å²) in [7, 11) is 0. The Morgan fingerprint density at radius 3 is 2.50 bits per heavy atom. The van der Waals surface area contributed by atoms with E-state index >= 15 is 0 Å². The molecule has 0 fully saturated rings. The minimum absolute atomic E-state index is 0.317. The van der Waals surface area contributed by atoms with Gasteiger partial charge < -0.3 is 10.1 Å². The summed E-state index contributed by atoms with van der Waals surface area (Å²) in [5.74, 6) is 0.267. The Labute approximate surface area is 168 Å². The number of carbonyl (C=O) groups excluding carboxylic acids is 1. The third kappa shape index (κ3) is 3.38. The Balaban J connectivity index is 1.73. The Kier molecular flexibility index (Phi) is 4.75. The first kappa shape index (κ1) is 17.5. The number of anilines is 1. The van der Waals surface area contributed by atoms with E-state index < -0.39 is 0 Å². The number of benzene rings is 2. The highest BCUT2D eigenvalue weighted by atomic mass is 79.9. The van der Waals surface area contributed by atoms with E-state index in [1.54, 1.807) is 22.9 Å². The third-order valence-electron chi connectivity index (χ3n) is 3.98. The van der Waals surface area contributed by atoms with E-state index in [9.17, 15) is 4.79 Å². The topological polar surface area (TPSA) is 56.2 Å². The first-order valence-electron chi connectivity index (χ1n) is 7.73. The fraction of sp³-hybridized carbons (Fsp3) is 0.111. The maximum absolute atomic E-state index is 12.7. The Bertz CT molecular complexity index is 982. The van der Waals surface area contributed by atoms with Crippen molar-refractivity contribution in [2.75, 3.05) is 5.32 Å². The molecule has 2 heterocycles. The van der Waals surface area contributed by atoms with E-state index in [0.29, 0.717) is 34.6 Å². The molecule has 1 aromatic heterocycles. The number of fused-ring (bicyclic) bond motifs is 1. The van der Waals surface area contributed by atoms with Crippen LogP contribution < -0.4 is 5.32 Å². The normalized spacial score (nSPS) is 12.9. The predicted octanol–water partition coefficient (Wildman–Crippen LogP) is 5.22. The quantitative estimate of drug-likeness (QED) is 0.592. The number of nitrogens with one attached hydrogen (secondary N) is 1. The Morgan fingerprint density at radius 2 is 1.81 bits per heavy atom. The minimum Gasteiger partial charge on any atom is -0.370 e. The van der Waals surface area contributed by atoms with Crippen LogP contribution in [0.4, 0.5) is 5.82 Å². The lowest BCUT2D eigenvalue weighted by Crippen LogP contribution is -2.16. The summed E-state index contributed by atoms with van der Waals surface area (Å²) >= 11 is 15.4. The number of rotatable bonds is 3. The van der Waals surface area contributed by atoms with Crippen molar-refractivity contribution in [2.24, 2.45) is 0 Å². The van der Waals surface area contributed by atoms with Gasteiger partial charge in [0.1, 0.15) is 5.82 Å². The zero-order chi connectivity index (χ0) is 18.3. The van der Waals surface area contributed by atoms with Crippen LogP contribution in [-0.2, 0) is 18.0 Å². The predicted molar refractivity (Wildman–Crippen MR) is 104 cm³/mol. The molecular formula is C18H12BrCl2N3O2. The lowest BCUT2D eigenvalue weighted by molar-refractivity contribution is 0.102. The van der Waals surface area contributed by atoms with Crippen molar-refractivity contribution in [1.82, 2.24) is 9.78 Å². The molecule has 1 amide bonds. The lowest BCUT2D eigenvalue weighted by Gasteiger charge is -2.11. The fourth-order valence-corrected chi connectivity index (χ4v) is 3.57. The molecule has 0 aliphatic carbocycles. The molecule has 132 valence electrons. The summed E-state index contributed by atoms with van der Waals surface area (Å²) in [5.41, 5.74) is 2.89. The van der Waals surface area contributed by atoms with E-state index in [2.05, 4.69) is 26.3 Å². The Morgan fingerprint density at radius 1 is 1.12 bits per heavy atom. The van der Waals surface area contributed by atoms with Gasteiger partial charge in [0.25, 0.3) is 5.91 Å². The smallest absolute Gasteiger partial charge is 0.256 e. The monoisotopic (exact) mass is 451 g/mol. The van der Waals surface area contributed by atoms with Gasteiger partial charge in [-0.1, -0.05) is 39.1 Å². The van der Waals surface area contributed by atoms with Crippen molar-refractivity contribution in [1.29, 1.82) is 0 Å². The molecule has 8 heteroatoms. The highest BCUT2D eigenvalue weighted by molar-refractivity contribution is 9.10. The average molecular weight is 453 g/mol. The third-order valence-corrected chi connectivity index (χ3v) is 4.94. The molecule has 0 saturated carbocycles. The molecule has 0 saturated heterocycles. The van der Waals surface area contributed by atoms with Crippen molar-refractivity contribution < 1.29 is 9.53 Å². The molecule has 3 aromatic rings. The molecule has 0 radical (unpaired) electrons. The van der Waals surface area contributed by atoms with Crippen molar-refractivity contribution in [2.45, 2.75) is 13.2 Å². The van der Waals surface area contributed by atoms with Crippen LogP contribution in [0.1, 0.15) is 21.6 Å². The first-order valence-corrected chi connectivity index (χ1v) is 9.28. The summed E-state index contributed by atoms with van der Waals surface area (Å²) in [6.45, 7) is 0.822. The first-order chi connectivity index (χ1) is 12.5. The number of ether oxygens (including phenoxy) is 1. The molecular weight excluding hydrogens is 441 g/mol. The molecule has 1 N–H and O–H groups in total. The molecule has 0 atom stereocenters. The summed E-state index contributed by atoms with van der Waals surface area (Å²) in [6.07, 6.45) is 0. The fourth-order valence-electron chi connectivity index (χ4n) is 2.78. The Hall–Kier alpha value is -1.86. The van der Waals surface area contributed by atoms with Crippen molar-refractivity contribution in [3.63, 3.8) is 0 Å². The van der Waals surface area contributed by atoms with Gasteiger partial charge in [-0.15, -0.1) is 0 Å². The van der Waals surface area contributed by atoms with Gasteiger partial charge in [0.05, 0.1) is 24.6 Å². The van der Waals surface area contributed by atoms with Crippen LogP contribution in [0.5, 0.6) is 0 Å². The number of nitrogens with zero attached hydrogens (tertiary/aromatic N) is 2. The van der Waals surface area contributed by atoms with Gasteiger partial charge in [0.15, 0.2) is 0 Å². The number of hydrogen-bond acceptors (Lipinski definition) is 3. The van der Waals surface area contributed by atoms with Crippen LogP contribution in [0.25, 0.3) is 5.69 Å². The molecule has 1 aliphatic rings. The molecule has 1 aliphatic heterocycles. The van der Waals surface area contributed by atoms with Gasteiger partial charge in [0, 0.05) is 25.6 Å². The van der Waals surface area contributed by atoms with E-state index in [-0.39, 0.29) is 5.91 Å². The van der Waals surface area contributed by atoms with Crippen LogP contribution >= 0.6 is 39.1 Å². The molecule has 0 unspecified atom stereocenters. The van der Waals surface area contributed by atoms with Gasteiger partial charge in [-0.25, -0.2) is 4.68 Å². The second-order valence-corrected chi connectivity index (χ2v) is 7.56. The molecule has 4 rings (SSSR count). The lowest BCUT2D eigenvalue weighted by atomic mass is 10.2. The molecule has 5 nitrogen and oxygen atoms in total. The van der Waals surface area contributed by atoms with Crippen LogP contribution in [-0.4, -0.2) is 15.7 Å². The molecule has 0 spiro atoms. The molecule has 2 aromatic carbocycles. The van der Waals surface area contributed by atoms with Crippen LogP contribution in [0, 0.1) is 0 Å². The number of carbonyl (C=O) groups is 1. The maximum Gasteiger partial charge on any atom is 0.256 e. The molecule has 0 bridgehead atoms. The highest BCUT2D eigenvalue weighted by Crippen LogP contribution is 2.31. The van der Waals surface area contributed by atoms with Crippen molar-refractivity contribution in [3.8, 4) is 5.69 Å². The van der Waals surface area contributed by atoms with Crippen molar-refractivity contribution in [3.05, 3.63) is 73.8 Å². The zero-order valence-electron chi connectivity index (χ0n) is 13.3. The van der Waals surface area contributed by atoms with Gasteiger partial charge in [-0.05, 0) is 42.5 Å².